The summed E-state index contributed by atoms with van der Waals surface area (Å²) >= 11 is 0. The molecule has 1 aliphatic heterocycles. The van der Waals surface area contributed by atoms with Gasteiger partial charge in [-0.1, -0.05) is 6.07 Å². The van der Waals surface area contributed by atoms with Crippen LogP contribution in [0.25, 0.3) is 0 Å². The van der Waals surface area contributed by atoms with Crippen LogP contribution in [0.5, 0.6) is 11.5 Å². The Bertz CT molecular complexity index is 984. The minimum Gasteiger partial charge on any atom is -0.493 e. The van der Waals surface area contributed by atoms with Crippen LogP contribution in [0.3, 0.4) is 0 Å². The van der Waals surface area contributed by atoms with Crippen molar-refractivity contribution >= 4 is 11.6 Å². The Morgan fingerprint density at radius 3 is 2.47 bits per heavy atom. The van der Waals surface area contributed by atoms with Gasteiger partial charge in [0.2, 0.25) is 5.91 Å². The second kappa shape index (κ2) is 10.8. The van der Waals surface area contributed by atoms with Gasteiger partial charge in [0, 0.05) is 32.7 Å². The van der Waals surface area contributed by atoms with E-state index in [-0.39, 0.29) is 11.9 Å². The number of amides is 1. The molecule has 0 spiro atoms. The van der Waals surface area contributed by atoms with Crippen molar-refractivity contribution in [2.75, 3.05) is 51.8 Å². The Kier molecular flexibility index (Phi) is 7.90. The maximum absolute atomic E-state index is 14.3. The number of halogens is 1. The number of benzene rings is 2. The van der Waals surface area contributed by atoms with Crippen molar-refractivity contribution in [2.24, 2.45) is 0 Å². The summed E-state index contributed by atoms with van der Waals surface area (Å²) in [6.07, 6.45) is 0.685. The van der Waals surface area contributed by atoms with Gasteiger partial charge in [-0.3, -0.25) is 9.69 Å². The number of hydrogen-bond acceptors (Lipinski definition) is 6. The smallest absolute Gasteiger partial charge is 0.237 e. The van der Waals surface area contributed by atoms with E-state index in [1.165, 1.54) is 6.07 Å². The maximum Gasteiger partial charge on any atom is 0.237 e. The third-order valence-corrected chi connectivity index (χ3v) is 5.82. The highest BCUT2D eigenvalue weighted by molar-refractivity contribution is 5.81. The summed E-state index contributed by atoms with van der Waals surface area (Å²) < 4.78 is 24.9. The van der Waals surface area contributed by atoms with Crippen molar-refractivity contribution in [2.45, 2.75) is 19.4 Å². The standard InChI is InChI=1S/C24H29FN4O3/c1-17(24(30)27-9-8-18-5-7-22(31-2)23(15-18)32-3)28-10-12-29(13-11-28)21-6-4-19(16-26)14-20(21)25/h4-7,14-15,17H,8-13H2,1-3H3,(H,27,30). The van der Waals surface area contributed by atoms with Crippen LogP contribution < -0.4 is 19.7 Å². The van der Waals surface area contributed by atoms with Crippen LogP contribution >= 0.6 is 0 Å². The fourth-order valence-electron chi connectivity index (χ4n) is 3.86. The maximum atomic E-state index is 14.3. The topological polar surface area (TPSA) is 77.8 Å². The second-order valence-corrected chi connectivity index (χ2v) is 7.71. The summed E-state index contributed by atoms with van der Waals surface area (Å²) in [4.78, 5) is 16.7. The largest absolute Gasteiger partial charge is 0.493 e. The number of carbonyl (C=O) groups excluding carboxylic acids is 1. The van der Waals surface area contributed by atoms with Crippen molar-refractivity contribution in [1.29, 1.82) is 5.26 Å². The van der Waals surface area contributed by atoms with E-state index in [1.807, 2.05) is 36.1 Å². The zero-order valence-corrected chi connectivity index (χ0v) is 18.7. The highest BCUT2D eigenvalue weighted by Gasteiger charge is 2.26. The second-order valence-electron chi connectivity index (χ2n) is 7.71. The molecule has 1 heterocycles. The zero-order chi connectivity index (χ0) is 23.1. The Labute approximate surface area is 188 Å². The predicted octanol–water partition coefficient (Wildman–Crippen LogP) is 2.58. The summed E-state index contributed by atoms with van der Waals surface area (Å²) in [5.74, 6) is 0.928. The number of nitrogens with zero attached hydrogens (tertiary/aromatic N) is 3. The molecule has 0 radical (unpaired) electrons. The summed E-state index contributed by atoms with van der Waals surface area (Å²) in [5, 5.41) is 11.9. The van der Waals surface area contributed by atoms with Crippen molar-refractivity contribution in [3.8, 4) is 17.6 Å². The number of nitriles is 1. The average molecular weight is 441 g/mol. The van der Waals surface area contributed by atoms with Crippen LogP contribution in [0.4, 0.5) is 10.1 Å². The van der Waals surface area contributed by atoms with Crippen molar-refractivity contribution in [1.82, 2.24) is 10.2 Å². The molecule has 0 aliphatic carbocycles. The van der Waals surface area contributed by atoms with E-state index in [9.17, 15) is 9.18 Å². The molecule has 1 N–H and O–H groups in total. The Balaban J connectivity index is 1.47. The van der Waals surface area contributed by atoms with Crippen LogP contribution in [-0.4, -0.2) is 63.8 Å². The first-order valence-electron chi connectivity index (χ1n) is 10.6. The van der Waals surface area contributed by atoms with E-state index >= 15 is 0 Å². The molecule has 1 unspecified atom stereocenters. The lowest BCUT2D eigenvalue weighted by molar-refractivity contribution is -0.125. The number of nitrogens with one attached hydrogen (secondary N) is 1. The normalized spacial score (nSPS) is 15.0. The van der Waals surface area contributed by atoms with Gasteiger partial charge in [-0.2, -0.15) is 5.26 Å². The van der Waals surface area contributed by atoms with Crippen molar-refractivity contribution < 1.29 is 18.7 Å². The van der Waals surface area contributed by atoms with Gasteiger partial charge >= 0.3 is 0 Å². The molecular weight excluding hydrogens is 411 g/mol. The van der Waals surface area contributed by atoms with Gasteiger partial charge in [-0.25, -0.2) is 4.39 Å². The highest BCUT2D eigenvalue weighted by atomic mass is 19.1. The SMILES string of the molecule is COc1ccc(CCNC(=O)C(C)N2CCN(c3ccc(C#N)cc3F)CC2)cc1OC. The first-order valence-corrected chi connectivity index (χ1v) is 10.6. The van der Waals surface area contributed by atoms with Crippen molar-refractivity contribution in [3.63, 3.8) is 0 Å². The molecule has 0 aromatic heterocycles. The van der Waals surface area contributed by atoms with Gasteiger partial charge in [0.1, 0.15) is 5.82 Å². The number of anilines is 1. The lowest BCUT2D eigenvalue weighted by atomic mass is 10.1. The van der Waals surface area contributed by atoms with Crippen LogP contribution in [0.15, 0.2) is 36.4 Å². The van der Waals surface area contributed by atoms with Gasteiger partial charge in [0.15, 0.2) is 11.5 Å². The molecule has 1 amide bonds. The van der Waals surface area contributed by atoms with E-state index < -0.39 is 5.82 Å². The van der Waals surface area contributed by atoms with E-state index in [0.717, 1.165) is 5.56 Å². The molecule has 1 saturated heterocycles. The number of rotatable bonds is 8. The van der Waals surface area contributed by atoms with Crippen LogP contribution in [0.2, 0.25) is 0 Å². The Hall–Kier alpha value is -3.31. The predicted molar refractivity (Wildman–Crippen MR) is 121 cm³/mol. The van der Waals surface area contributed by atoms with E-state index in [2.05, 4.69) is 10.2 Å². The number of ether oxygens (including phenoxy) is 2. The summed E-state index contributed by atoms with van der Waals surface area (Å²) in [6, 6.07) is 11.9. The highest BCUT2D eigenvalue weighted by Crippen LogP contribution is 2.27. The van der Waals surface area contributed by atoms with E-state index in [0.29, 0.717) is 61.9 Å². The van der Waals surface area contributed by atoms with Crippen LogP contribution in [0, 0.1) is 17.1 Å². The molecule has 3 rings (SSSR count). The molecule has 1 aliphatic rings. The van der Waals surface area contributed by atoms with Gasteiger partial charge in [-0.05, 0) is 49.2 Å². The molecule has 1 atom stereocenters. The molecule has 7 nitrogen and oxygen atoms in total. The first kappa shape index (κ1) is 23.4. The third-order valence-electron chi connectivity index (χ3n) is 5.82. The van der Waals surface area contributed by atoms with Gasteiger partial charge in [-0.15, -0.1) is 0 Å². The molecule has 2 aromatic carbocycles. The van der Waals surface area contributed by atoms with Crippen LogP contribution in [0.1, 0.15) is 18.1 Å². The number of hydrogen-bond donors (Lipinski definition) is 1. The molecule has 0 saturated carbocycles. The molecule has 2 aromatic rings. The Morgan fingerprint density at radius 1 is 1.12 bits per heavy atom. The number of piperazine rings is 1. The molecule has 0 bridgehead atoms. The summed E-state index contributed by atoms with van der Waals surface area (Å²) in [6.45, 7) is 4.96. The summed E-state index contributed by atoms with van der Waals surface area (Å²) in [5.41, 5.74) is 1.85. The molecule has 8 heteroatoms. The van der Waals surface area contributed by atoms with Crippen LogP contribution in [-0.2, 0) is 11.2 Å². The lowest BCUT2D eigenvalue weighted by Crippen LogP contribution is -2.54. The first-order chi connectivity index (χ1) is 15.5. The summed E-state index contributed by atoms with van der Waals surface area (Å²) in [7, 11) is 3.19. The Morgan fingerprint density at radius 2 is 1.84 bits per heavy atom. The quantitative estimate of drug-likeness (QED) is 0.680. The van der Waals surface area contributed by atoms with E-state index in [4.69, 9.17) is 14.7 Å². The minimum absolute atomic E-state index is 0.0246. The fraction of sp³-hybridized carbons (Fsp3) is 0.417. The van der Waals surface area contributed by atoms with Crippen molar-refractivity contribution in [3.05, 3.63) is 53.3 Å². The number of carbonyl (C=O) groups is 1. The van der Waals surface area contributed by atoms with Gasteiger partial charge in [0.05, 0.1) is 37.6 Å². The average Bonchev–Trinajstić information content (AvgIpc) is 2.83. The van der Waals surface area contributed by atoms with Gasteiger partial charge in [0.25, 0.3) is 0 Å². The number of methoxy groups -OCH3 is 2. The molecular formula is C24H29FN4O3. The molecule has 1 fully saturated rings. The fourth-order valence-corrected chi connectivity index (χ4v) is 3.86. The molecule has 32 heavy (non-hydrogen) atoms. The van der Waals surface area contributed by atoms with Gasteiger partial charge < -0.3 is 19.7 Å². The monoisotopic (exact) mass is 440 g/mol. The third kappa shape index (κ3) is 5.48. The lowest BCUT2D eigenvalue weighted by Gasteiger charge is -2.38. The zero-order valence-electron chi connectivity index (χ0n) is 18.7. The van der Waals surface area contributed by atoms with E-state index in [1.54, 1.807) is 26.4 Å². The molecule has 170 valence electrons. The minimum atomic E-state index is -0.390.